The van der Waals surface area contributed by atoms with Gasteiger partial charge >= 0.3 is 0 Å². The van der Waals surface area contributed by atoms with E-state index in [0.29, 0.717) is 12.5 Å². The van der Waals surface area contributed by atoms with Crippen LogP contribution in [0, 0.1) is 13.8 Å². The third-order valence-electron chi connectivity index (χ3n) is 5.97. The third-order valence-corrected chi connectivity index (χ3v) is 5.97. The van der Waals surface area contributed by atoms with Crippen LogP contribution in [-0.4, -0.2) is 69.1 Å². The molecule has 0 unspecified atom stereocenters. The van der Waals surface area contributed by atoms with Gasteiger partial charge in [0.05, 0.1) is 23.9 Å². The minimum atomic E-state index is 0.183. The van der Waals surface area contributed by atoms with Crippen molar-refractivity contribution >= 4 is 28.5 Å². The summed E-state index contributed by atoms with van der Waals surface area (Å²) in [6.07, 6.45) is 1.83. The minimum Gasteiger partial charge on any atom is -0.395 e. The maximum Gasteiger partial charge on any atom is 0.229 e. The van der Waals surface area contributed by atoms with Crippen LogP contribution in [0.25, 0.3) is 16.7 Å². The molecule has 2 aromatic carbocycles. The maximum absolute atomic E-state index is 9.25. The summed E-state index contributed by atoms with van der Waals surface area (Å²) in [6, 6.07) is 16.4. The highest BCUT2D eigenvalue weighted by molar-refractivity contribution is 5.90. The van der Waals surface area contributed by atoms with Gasteiger partial charge in [0, 0.05) is 38.4 Å². The quantitative estimate of drug-likeness (QED) is 0.473. The number of aliphatic hydroxyl groups excluding tert-OH is 1. The monoisotopic (exact) mass is 443 g/mol. The SMILES string of the molecule is Cc1cc(C)cc(Nc2nc(N3CCN(CCO)CC3)nc3c2cnn3-c2ccccc2)c1. The van der Waals surface area contributed by atoms with Gasteiger partial charge in [0.15, 0.2) is 5.65 Å². The predicted octanol–water partition coefficient (Wildman–Crippen LogP) is 3.29. The molecule has 1 fully saturated rings. The molecule has 0 amide bonds. The Morgan fingerprint density at radius 2 is 1.67 bits per heavy atom. The number of nitrogens with zero attached hydrogens (tertiary/aromatic N) is 6. The Labute approximate surface area is 193 Å². The second-order valence-electron chi connectivity index (χ2n) is 8.56. The van der Waals surface area contributed by atoms with Crippen molar-refractivity contribution in [3.05, 3.63) is 65.9 Å². The fourth-order valence-corrected chi connectivity index (χ4v) is 4.39. The number of hydrogen-bond acceptors (Lipinski definition) is 7. The molecule has 0 saturated carbocycles. The van der Waals surface area contributed by atoms with Gasteiger partial charge in [-0.1, -0.05) is 24.3 Å². The van der Waals surface area contributed by atoms with Crippen LogP contribution in [0.15, 0.2) is 54.7 Å². The van der Waals surface area contributed by atoms with Crippen LogP contribution in [-0.2, 0) is 0 Å². The topological polar surface area (TPSA) is 82.3 Å². The fraction of sp³-hybridized carbons (Fsp3) is 0.320. The lowest BCUT2D eigenvalue weighted by atomic mass is 10.1. The zero-order valence-electron chi connectivity index (χ0n) is 19.1. The van der Waals surface area contributed by atoms with Gasteiger partial charge in [0.1, 0.15) is 5.82 Å². The Bertz CT molecular complexity index is 1230. The molecule has 170 valence electrons. The highest BCUT2D eigenvalue weighted by atomic mass is 16.3. The Hall–Kier alpha value is -3.49. The van der Waals surface area contributed by atoms with Gasteiger partial charge in [-0.25, -0.2) is 4.68 Å². The average molecular weight is 444 g/mol. The van der Waals surface area contributed by atoms with Gasteiger partial charge in [-0.05, 0) is 49.2 Å². The van der Waals surface area contributed by atoms with Crippen molar-refractivity contribution < 1.29 is 5.11 Å². The number of para-hydroxylation sites is 1. The van der Waals surface area contributed by atoms with Crippen LogP contribution < -0.4 is 10.2 Å². The standard InChI is InChI=1S/C25H29N7O/c1-18-14-19(2)16-20(15-18)27-23-22-17-26-32(21-6-4-3-5-7-21)24(22)29-25(28-23)31-10-8-30(9-11-31)12-13-33/h3-7,14-17,33H,8-13H2,1-2H3,(H,27,28,29). The fourth-order valence-electron chi connectivity index (χ4n) is 4.39. The maximum atomic E-state index is 9.25. The first-order chi connectivity index (χ1) is 16.1. The molecular weight excluding hydrogens is 414 g/mol. The van der Waals surface area contributed by atoms with Crippen LogP contribution in [0.3, 0.4) is 0 Å². The van der Waals surface area contributed by atoms with Crippen molar-refractivity contribution in [1.82, 2.24) is 24.6 Å². The number of hydrogen-bond donors (Lipinski definition) is 2. The van der Waals surface area contributed by atoms with Crippen LogP contribution in [0.4, 0.5) is 17.5 Å². The highest BCUT2D eigenvalue weighted by Crippen LogP contribution is 2.29. The molecule has 0 atom stereocenters. The lowest BCUT2D eigenvalue weighted by molar-refractivity contribution is 0.188. The van der Waals surface area contributed by atoms with Crippen LogP contribution in [0.2, 0.25) is 0 Å². The lowest BCUT2D eigenvalue weighted by Crippen LogP contribution is -2.47. The van der Waals surface area contributed by atoms with E-state index in [1.807, 2.05) is 41.2 Å². The zero-order chi connectivity index (χ0) is 22.8. The number of anilines is 3. The number of aromatic nitrogens is 4. The van der Waals surface area contributed by atoms with Crippen molar-refractivity contribution in [1.29, 1.82) is 0 Å². The molecule has 4 aromatic rings. The van der Waals surface area contributed by atoms with Gasteiger partial charge < -0.3 is 15.3 Å². The minimum absolute atomic E-state index is 0.183. The molecular formula is C25H29N7O. The lowest BCUT2D eigenvalue weighted by Gasteiger charge is -2.34. The van der Waals surface area contributed by atoms with Crippen LogP contribution in [0.1, 0.15) is 11.1 Å². The summed E-state index contributed by atoms with van der Waals surface area (Å²) in [7, 11) is 0. The number of fused-ring (bicyclic) bond motifs is 1. The molecule has 5 rings (SSSR count). The van der Waals surface area contributed by atoms with E-state index in [0.717, 1.165) is 54.4 Å². The van der Waals surface area contributed by atoms with Crippen molar-refractivity contribution in [2.75, 3.05) is 49.5 Å². The predicted molar refractivity (Wildman–Crippen MR) is 132 cm³/mol. The van der Waals surface area contributed by atoms with E-state index in [1.54, 1.807) is 0 Å². The Morgan fingerprint density at radius 3 is 2.36 bits per heavy atom. The van der Waals surface area contributed by atoms with Crippen molar-refractivity contribution in [3.63, 3.8) is 0 Å². The normalized spacial score (nSPS) is 14.7. The molecule has 2 N–H and O–H groups in total. The largest absolute Gasteiger partial charge is 0.395 e. The summed E-state index contributed by atoms with van der Waals surface area (Å²) < 4.78 is 1.87. The van der Waals surface area contributed by atoms with Gasteiger partial charge in [-0.15, -0.1) is 0 Å². The Kier molecular flexibility index (Phi) is 5.93. The molecule has 0 aliphatic carbocycles. The number of aryl methyl sites for hydroxylation is 2. The van der Waals surface area contributed by atoms with Crippen molar-refractivity contribution in [3.8, 4) is 5.69 Å². The van der Waals surface area contributed by atoms with E-state index in [1.165, 1.54) is 11.1 Å². The second-order valence-corrected chi connectivity index (χ2v) is 8.56. The van der Waals surface area contributed by atoms with Gasteiger partial charge in [0.2, 0.25) is 5.95 Å². The molecule has 33 heavy (non-hydrogen) atoms. The number of benzene rings is 2. The third kappa shape index (κ3) is 4.53. The zero-order valence-corrected chi connectivity index (χ0v) is 19.1. The van der Waals surface area contributed by atoms with Gasteiger partial charge in [0.25, 0.3) is 0 Å². The molecule has 0 spiro atoms. The van der Waals surface area contributed by atoms with Crippen LogP contribution in [0.5, 0.6) is 0 Å². The Morgan fingerprint density at radius 1 is 0.939 bits per heavy atom. The molecule has 0 bridgehead atoms. The molecule has 8 nitrogen and oxygen atoms in total. The highest BCUT2D eigenvalue weighted by Gasteiger charge is 2.22. The van der Waals surface area contributed by atoms with E-state index in [-0.39, 0.29) is 6.61 Å². The molecule has 1 aliphatic rings. The van der Waals surface area contributed by atoms with Gasteiger partial charge in [-0.2, -0.15) is 15.1 Å². The van der Waals surface area contributed by atoms with Crippen LogP contribution >= 0.6 is 0 Å². The molecule has 1 aliphatic heterocycles. The smallest absolute Gasteiger partial charge is 0.229 e. The molecule has 8 heteroatoms. The molecule has 0 radical (unpaired) electrons. The first kappa shape index (κ1) is 21.4. The van der Waals surface area contributed by atoms with E-state index in [4.69, 9.17) is 9.97 Å². The molecule has 2 aromatic heterocycles. The van der Waals surface area contributed by atoms with E-state index < -0.39 is 0 Å². The first-order valence-electron chi connectivity index (χ1n) is 11.4. The van der Waals surface area contributed by atoms with Gasteiger partial charge in [-0.3, -0.25) is 4.90 Å². The summed E-state index contributed by atoms with van der Waals surface area (Å²) in [5.41, 5.74) is 5.13. The summed E-state index contributed by atoms with van der Waals surface area (Å²) >= 11 is 0. The Balaban J connectivity index is 1.57. The molecule has 1 saturated heterocycles. The number of β-amino-alcohol motifs (C(OH)–C–C–N with tert-alkyl or cyclic N) is 1. The van der Waals surface area contributed by atoms with E-state index >= 15 is 0 Å². The number of rotatable bonds is 6. The van der Waals surface area contributed by atoms with E-state index in [2.05, 4.69) is 52.3 Å². The van der Waals surface area contributed by atoms with Crippen molar-refractivity contribution in [2.45, 2.75) is 13.8 Å². The second kappa shape index (κ2) is 9.17. The van der Waals surface area contributed by atoms with Crippen molar-refractivity contribution in [2.24, 2.45) is 0 Å². The number of piperazine rings is 1. The first-order valence-corrected chi connectivity index (χ1v) is 11.4. The number of aliphatic hydroxyl groups is 1. The summed E-state index contributed by atoms with van der Waals surface area (Å²) in [5.74, 6) is 1.44. The van der Waals surface area contributed by atoms with E-state index in [9.17, 15) is 5.11 Å². The summed E-state index contributed by atoms with van der Waals surface area (Å²) in [6.45, 7) is 8.45. The summed E-state index contributed by atoms with van der Waals surface area (Å²) in [5, 5.41) is 18.3. The molecule has 3 heterocycles. The number of nitrogens with one attached hydrogen (secondary N) is 1. The summed E-state index contributed by atoms with van der Waals surface area (Å²) in [4.78, 5) is 14.4. The average Bonchev–Trinajstić information content (AvgIpc) is 3.24.